The van der Waals surface area contributed by atoms with Gasteiger partial charge in [-0.25, -0.2) is 13.1 Å². The molecule has 0 aliphatic heterocycles. The van der Waals surface area contributed by atoms with Crippen LogP contribution < -0.4 is 9.46 Å². The zero-order chi connectivity index (χ0) is 16.3. The Morgan fingerprint density at radius 3 is 2.41 bits per heavy atom. The Labute approximate surface area is 136 Å². The summed E-state index contributed by atoms with van der Waals surface area (Å²) in [5.41, 5.74) is 2.21. The largest absolute Gasteiger partial charge is 0.496 e. The lowest BCUT2D eigenvalue weighted by Crippen LogP contribution is -2.24. The highest BCUT2D eigenvalue weighted by Crippen LogP contribution is 2.27. The van der Waals surface area contributed by atoms with Crippen LogP contribution in [0.2, 0.25) is 5.02 Å². The molecule has 22 heavy (non-hydrogen) atoms. The van der Waals surface area contributed by atoms with Crippen molar-refractivity contribution in [3.8, 4) is 5.75 Å². The molecule has 2 aromatic carbocycles. The maximum Gasteiger partial charge on any atom is 0.241 e. The van der Waals surface area contributed by atoms with Crippen molar-refractivity contribution in [2.24, 2.45) is 0 Å². The summed E-state index contributed by atoms with van der Waals surface area (Å²) in [6, 6.07) is 10.4. The van der Waals surface area contributed by atoms with Gasteiger partial charge in [-0.15, -0.1) is 0 Å². The van der Waals surface area contributed by atoms with Gasteiger partial charge in [0.1, 0.15) is 5.75 Å². The third kappa shape index (κ3) is 3.43. The summed E-state index contributed by atoms with van der Waals surface area (Å²) in [5.74, 6) is 0.669. The number of benzene rings is 2. The zero-order valence-electron chi connectivity index (χ0n) is 12.7. The highest BCUT2D eigenvalue weighted by atomic mass is 35.5. The van der Waals surface area contributed by atoms with E-state index in [0.717, 1.165) is 11.1 Å². The maximum atomic E-state index is 12.5. The van der Waals surface area contributed by atoms with E-state index in [2.05, 4.69) is 4.72 Å². The molecule has 2 aromatic rings. The molecule has 0 aliphatic carbocycles. The van der Waals surface area contributed by atoms with Crippen molar-refractivity contribution < 1.29 is 13.2 Å². The van der Waals surface area contributed by atoms with Gasteiger partial charge in [0.2, 0.25) is 10.0 Å². The molecule has 0 saturated carbocycles. The summed E-state index contributed by atoms with van der Waals surface area (Å²) in [6.45, 7) is 3.75. The predicted octanol–water partition coefficient (Wildman–Crippen LogP) is 3.44. The number of hydrogen-bond acceptors (Lipinski definition) is 3. The molecule has 0 fully saturated rings. The topological polar surface area (TPSA) is 55.4 Å². The van der Waals surface area contributed by atoms with E-state index < -0.39 is 10.0 Å². The molecule has 0 unspecified atom stereocenters. The molecule has 2 rings (SSSR count). The first-order chi connectivity index (χ1) is 10.4. The molecule has 6 heteroatoms. The Morgan fingerprint density at radius 1 is 1.09 bits per heavy atom. The number of sulfonamides is 1. The number of rotatable bonds is 5. The van der Waals surface area contributed by atoms with Crippen LogP contribution in [0.4, 0.5) is 0 Å². The van der Waals surface area contributed by atoms with Crippen LogP contribution in [0, 0.1) is 13.8 Å². The molecule has 0 amide bonds. The third-order valence-electron chi connectivity index (χ3n) is 3.61. The van der Waals surface area contributed by atoms with Gasteiger partial charge in [-0.05, 0) is 48.7 Å². The molecule has 0 bridgehead atoms. The molecule has 0 aromatic heterocycles. The quantitative estimate of drug-likeness (QED) is 0.907. The minimum Gasteiger partial charge on any atom is -0.496 e. The number of hydrogen-bond donors (Lipinski definition) is 1. The molecule has 0 saturated heterocycles. The Hall–Kier alpha value is -1.56. The average Bonchev–Trinajstić information content (AvgIpc) is 2.49. The smallest absolute Gasteiger partial charge is 0.241 e. The minimum absolute atomic E-state index is 0.145. The van der Waals surface area contributed by atoms with Crippen LogP contribution in [0.1, 0.15) is 16.7 Å². The van der Waals surface area contributed by atoms with Crippen molar-refractivity contribution in [1.82, 2.24) is 4.72 Å². The number of nitrogens with one attached hydrogen (secondary N) is 1. The second-order valence-corrected chi connectivity index (χ2v) is 7.07. The van der Waals surface area contributed by atoms with Crippen molar-refractivity contribution in [3.63, 3.8) is 0 Å². The lowest BCUT2D eigenvalue weighted by Gasteiger charge is -2.14. The molecule has 0 radical (unpaired) electrons. The Bertz CT molecular complexity index is 788. The van der Waals surface area contributed by atoms with Crippen LogP contribution in [0.3, 0.4) is 0 Å². The lowest BCUT2D eigenvalue weighted by atomic mass is 10.1. The van der Waals surface area contributed by atoms with E-state index in [1.807, 2.05) is 13.0 Å². The number of methoxy groups -OCH3 is 1. The van der Waals surface area contributed by atoms with Crippen LogP contribution >= 0.6 is 11.6 Å². The molecule has 0 heterocycles. The summed E-state index contributed by atoms with van der Waals surface area (Å²) in [6.07, 6.45) is 0. The molecule has 4 nitrogen and oxygen atoms in total. The third-order valence-corrected chi connectivity index (χ3v) is 5.52. The van der Waals surface area contributed by atoms with Crippen molar-refractivity contribution in [3.05, 3.63) is 58.1 Å². The molecular weight excluding hydrogens is 322 g/mol. The minimum atomic E-state index is -3.62. The van der Waals surface area contributed by atoms with E-state index in [0.29, 0.717) is 16.3 Å². The fourth-order valence-electron chi connectivity index (χ4n) is 2.18. The Balaban J connectivity index is 2.28. The number of ether oxygens (including phenoxy) is 1. The summed E-state index contributed by atoms with van der Waals surface area (Å²) in [5, 5.41) is 0.535. The summed E-state index contributed by atoms with van der Waals surface area (Å²) in [4.78, 5) is 0.248. The van der Waals surface area contributed by atoms with Crippen LogP contribution in [0.15, 0.2) is 41.3 Å². The standard InChI is InChI=1S/C16H18ClNO3S/c1-11-12(2)16(9-8-15(11)21-3)22(19,20)18-10-13-6-4-5-7-14(13)17/h4-9,18H,10H2,1-3H3. The van der Waals surface area contributed by atoms with Crippen molar-refractivity contribution >= 4 is 21.6 Å². The zero-order valence-corrected chi connectivity index (χ0v) is 14.3. The second-order valence-electron chi connectivity index (χ2n) is 4.93. The molecule has 118 valence electrons. The SMILES string of the molecule is COc1ccc(S(=O)(=O)NCc2ccccc2Cl)c(C)c1C. The first kappa shape index (κ1) is 16.8. The van der Waals surface area contributed by atoms with Gasteiger partial charge in [0.05, 0.1) is 12.0 Å². The molecule has 0 atom stereocenters. The summed E-state index contributed by atoms with van der Waals surface area (Å²) >= 11 is 6.04. The van der Waals surface area contributed by atoms with Gasteiger partial charge in [0.15, 0.2) is 0 Å². The fraction of sp³-hybridized carbons (Fsp3) is 0.250. The molecule has 0 aliphatic rings. The van der Waals surface area contributed by atoms with Gasteiger partial charge in [0.25, 0.3) is 0 Å². The lowest BCUT2D eigenvalue weighted by molar-refractivity contribution is 0.410. The van der Waals surface area contributed by atoms with Crippen LogP contribution in [0.5, 0.6) is 5.75 Å². The van der Waals surface area contributed by atoms with Crippen molar-refractivity contribution in [1.29, 1.82) is 0 Å². The van der Waals surface area contributed by atoms with E-state index >= 15 is 0 Å². The normalized spacial score (nSPS) is 11.5. The summed E-state index contributed by atoms with van der Waals surface area (Å²) in [7, 11) is -2.06. The van der Waals surface area contributed by atoms with Crippen molar-refractivity contribution in [2.75, 3.05) is 7.11 Å². The van der Waals surface area contributed by atoms with Gasteiger partial charge >= 0.3 is 0 Å². The molecule has 0 spiro atoms. The van der Waals surface area contributed by atoms with Crippen LogP contribution in [-0.2, 0) is 16.6 Å². The van der Waals surface area contributed by atoms with Crippen molar-refractivity contribution in [2.45, 2.75) is 25.3 Å². The number of halogens is 1. The first-order valence-corrected chi connectivity index (χ1v) is 8.60. The average molecular weight is 340 g/mol. The Morgan fingerprint density at radius 2 is 1.77 bits per heavy atom. The van der Waals surface area contributed by atoms with Crippen LogP contribution in [-0.4, -0.2) is 15.5 Å². The van der Waals surface area contributed by atoms with Gasteiger partial charge < -0.3 is 4.74 Å². The van der Waals surface area contributed by atoms with E-state index in [-0.39, 0.29) is 11.4 Å². The summed E-state index contributed by atoms with van der Waals surface area (Å²) < 4.78 is 32.8. The Kier molecular flexibility index (Phi) is 5.11. The van der Waals surface area contributed by atoms with Crippen LogP contribution in [0.25, 0.3) is 0 Å². The fourth-order valence-corrected chi connectivity index (χ4v) is 3.68. The predicted molar refractivity (Wildman–Crippen MR) is 87.9 cm³/mol. The van der Waals surface area contributed by atoms with Gasteiger partial charge in [-0.3, -0.25) is 0 Å². The second kappa shape index (κ2) is 6.69. The first-order valence-electron chi connectivity index (χ1n) is 6.74. The molecule has 1 N–H and O–H groups in total. The highest BCUT2D eigenvalue weighted by Gasteiger charge is 2.19. The van der Waals surface area contributed by atoms with E-state index in [1.165, 1.54) is 0 Å². The monoisotopic (exact) mass is 339 g/mol. The van der Waals surface area contributed by atoms with E-state index in [1.54, 1.807) is 44.4 Å². The highest BCUT2D eigenvalue weighted by molar-refractivity contribution is 7.89. The van der Waals surface area contributed by atoms with Gasteiger partial charge in [0, 0.05) is 11.6 Å². The van der Waals surface area contributed by atoms with Gasteiger partial charge in [-0.2, -0.15) is 0 Å². The van der Waals surface area contributed by atoms with E-state index in [4.69, 9.17) is 16.3 Å². The molecular formula is C16H18ClNO3S. The van der Waals surface area contributed by atoms with E-state index in [9.17, 15) is 8.42 Å². The van der Waals surface area contributed by atoms with Gasteiger partial charge in [-0.1, -0.05) is 29.8 Å². The maximum absolute atomic E-state index is 12.5.